The Labute approximate surface area is 200 Å². The third-order valence-electron chi connectivity index (χ3n) is 6.86. The van der Waals surface area contributed by atoms with Crippen LogP contribution in [0.25, 0.3) is 22.2 Å². The number of para-hydroxylation sites is 1. The van der Waals surface area contributed by atoms with E-state index >= 15 is 0 Å². The van der Waals surface area contributed by atoms with Crippen molar-refractivity contribution in [1.29, 1.82) is 0 Å². The maximum atomic E-state index is 13.0. The average Bonchev–Trinajstić information content (AvgIpc) is 3.35. The van der Waals surface area contributed by atoms with Gasteiger partial charge in [0.25, 0.3) is 5.91 Å². The Balaban J connectivity index is 1.38. The van der Waals surface area contributed by atoms with E-state index in [-0.39, 0.29) is 12.5 Å². The van der Waals surface area contributed by atoms with Crippen molar-refractivity contribution < 1.29 is 9.53 Å². The van der Waals surface area contributed by atoms with Crippen molar-refractivity contribution in [2.24, 2.45) is 0 Å². The van der Waals surface area contributed by atoms with Crippen LogP contribution in [0.5, 0.6) is 5.75 Å². The summed E-state index contributed by atoms with van der Waals surface area (Å²) < 4.78 is 5.77. The SMILES string of the molecule is Cc1cccc(OCC(=O)NC2(c3cc(-c4cc(C)c5ccccc5n4)c[nH]3)CCCCC2)c1. The Kier molecular flexibility index (Phi) is 6.10. The summed E-state index contributed by atoms with van der Waals surface area (Å²) in [7, 11) is 0. The van der Waals surface area contributed by atoms with Crippen LogP contribution in [0.2, 0.25) is 0 Å². The Morgan fingerprint density at radius 2 is 1.85 bits per heavy atom. The van der Waals surface area contributed by atoms with Gasteiger partial charge in [-0.3, -0.25) is 4.79 Å². The molecular weight excluding hydrogens is 422 g/mol. The molecule has 0 radical (unpaired) electrons. The predicted molar refractivity (Wildman–Crippen MR) is 136 cm³/mol. The molecule has 0 saturated heterocycles. The lowest BCUT2D eigenvalue weighted by atomic mass is 9.79. The Morgan fingerprint density at radius 1 is 1.03 bits per heavy atom. The van der Waals surface area contributed by atoms with Crippen molar-refractivity contribution in [3.63, 3.8) is 0 Å². The van der Waals surface area contributed by atoms with Crippen molar-refractivity contribution in [2.75, 3.05) is 6.61 Å². The first-order valence-corrected chi connectivity index (χ1v) is 12.1. The van der Waals surface area contributed by atoms with Gasteiger partial charge in [0.15, 0.2) is 6.61 Å². The molecule has 174 valence electrons. The summed E-state index contributed by atoms with van der Waals surface area (Å²) in [6.07, 6.45) is 7.19. The molecule has 0 bridgehead atoms. The third-order valence-corrected chi connectivity index (χ3v) is 6.86. The van der Waals surface area contributed by atoms with E-state index in [9.17, 15) is 4.79 Å². The number of fused-ring (bicyclic) bond motifs is 1. The molecule has 2 N–H and O–H groups in total. The summed E-state index contributed by atoms with van der Waals surface area (Å²) >= 11 is 0. The first-order chi connectivity index (χ1) is 16.5. The third kappa shape index (κ3) is 4.56. The molecule has 2 aromatic heterocycles. The second-order valence-electron chi connectivity index (χ2n) is 9.44. The van der Waals surface area contributed by atoms with Crippen molar-refractivity contribution in [3.05, 3.63) is 83.7 Å². The monoisotopic (exact) mass is 453 g/mol. The number of aromatic nitrogens is 2. The number of nitrogens with one attached hydrogen (secondary N) is 2. The number of amides is 1. The van der Waals surface area contributed by atoms with Gasteiger partial charge in [0.2, 0.25) is 0 Å². The van der Waals surface area contributed by atoms with Gasteiger partial charge in [-0.1, -0.05) is 49.6 Å². The fourth-order valence-corrected chi connectivity index (χ4v) is 5.09. The summed E-state index contributed by atoms with van der Waals surface area (Å²) in [6, 6.07) is 20.3. The van der Waals surface area contributed by atoms with Gasteiger partial charge in [-0.2, -0.15) is 0 Å². The smallest absolute Gasteiger partial charge is 0.258 e. The van der Waals surface area contributed by atoms with Gasteiger partial charge >= 0.3 is 0 Å². The van der Waals surface area contributed by atoms with E-state index in [0.717, 1.165) is 53.7 Å². The topological polar surface area (TPSA) is 67.0 Å². The van der Waals surface area contributed by atoms with Gasteiger partial charge in [-0.25, -0.2) is 4.98 Å². The van der Waals surface area contributed by atoms with E-state index in [0.29, 0.717) is 5.75 Å². The number of carbonyl (C=O) groups excluding carboxylic acids is 1. The number of ether oxygens (including phenoxy) is 1. The number of carbonyl (C=O) groups is 1. The maximum absolute atomic E-state index is 13.0. The van der Waals surface area contributed by atoms with E-state index in [1.54, 1.807) is 0 Å². The minimum atomic E-state index is -0.407. The fourth-order valence-electron chi connectivity index (χ4n) is 5.09. The highest BCUT2D eigenvalue weighted by molar-refractivity contribution is 5.85. The number of benzene rings is 2. The number of hydrogen-bond acceptors (Lipinski definition) is 3. The number of pyridine rings is 1. The molecule has 34 heavy (non-hydrogen) atoms. The van der Waals surface area contributed by atoms with Crippen molar-refractivity contribution in [3.8, 4) is 17.0 Å². The highest BCUT2D eigenvalue weighted by atomic mass is 16.5. The van der Waals surface area contributed by atoms with Gasteiger partial charge in [-0.05, 0) is 68.1 Å². The van der Waals surface area contributed by atoms with Gasteiger partial charge in [-0.15, -0.1) is 0 Å². The second-order valence-corrected chi connectivity index (χ2v) is 9.44. The zero-order valence-corrected chi connectivity index (χ0v) is 19.9. The zero-order valence-electron chi connectivity index (χ0n) is 19.9. The number of aryl methyl sites for hydroxylation is 2. The van der Waals surface area contributed by atoms with E-state index in [4.69, 9.17) is 9.72 Å². The maximum Gasteiger partial charge on any atom is 0.258 e. The first-order valence-electron chi connectivity index (χ1n) is 12.1. The highest BCUT2D eigenvalue weighted by Crippen LogP contribution is 2.38. The molecule has 2 aromatic carbocycles. The predicted octanol–water partition coefficient (Wildman–Crippen LogP) is 6.20. The molecule has 5 rings (SSSR count). The molecule has 5 nitrogen and oxygen atoms in total. The number of rotatable bonds is 6. The van der Waals surface area contributed by atoms with Gasteiger partial charge in [0.05, 0.1) is 16.7 Å². The molecule has 4 aromatic rings. The molecule has 0 spiro atoms. The van der Waals surface area contributed by atoms with Crippen LogP contribution in [-0.4, -0.2) is 22.5 Å². The largest absolute Gasteiger partial charge is 0.484 e. The Morgan fingerprint density at radius 3 is 2.68 bits per heavy atom. The summed E-state index contributed by atoms with van der Waals surface area (Å²) in [6.45, 7) is 4.14. The van der Waals surface area contributed by atoms with Crippen LogP contribution in [0.4, 0.5) is 0 Å². The molecule has 2 heterocycles. The van der Waals surface area contributed by atoms with Crippen LogP contribution in [0.15, 0.2) is 66.9 Å². The number of H-pyrrole nitrogens is 1. The lowest BCUT2D eigenvalue weighted by Crippen LogP contribution is -2.49. The standard InChI is InChI=1S/C29H31N3O2/c1-20-9-8-10-23(15-20)34-19-28(33)32-29(13-6-3-7-14-29)27-17-22(18-30-27)26-16-21(2)24-11-4-5-12-25(24)31-26/h4-5,8-12,15-18,30H,3,6-7,13-14,19H2,1-2H3,(H,32,33). The van der Waals surface area contributed by atoms with Crippen molar-refractivity contribution >= 4 is 16.8 Å². The molecule has 1 aliphatic carbocycles. The van der Waals surface area contributed by atoms with Crippen LogP contribution in [0, 0.1) is 13.8 Å². The second kappa shape index (κ2) is 9.34. The average molecular weight is 454 g/mol. The number of hydrogen-bond donors (Lipinski definition) is 2. The zero-order chi connectivity index (χ0) is 23.5. The van der Waals surface area contributed by atoms with Crippen molar-refractivity contribution in [1.82, 2.24) is 15.3 Å². The van der Waals surface area contributed by atoms with Crippen LogP contribution in [-0.2, 0) is 10.3 Å². The molecule has 5 heteroatoms. The van der Waals surface area contributed by atoms with Crippen LogP contribution in [0.3, 0.4) is 0 Å². The minimum absolute atomic E-state index is 0.00416. The summed E-state index contributed by atoms with van der Waals surface area (Å²) in [5, 5.41) is 4.50. The Hall–Kier alpha value is -3.60. The van der Waals surface area contributed by atoms with E-state index in [1.165, 1.54) is 17.4 Å². The summed E-state index contributed by atoms with van der Waals surface area (Å²) in [5.74, 6) is 0.618. The van der Waals surface area contributed by atoms with Crippen LogP contribution >= 0.6 is 0 Å². The van der Waals surface area contributed by atoms with Crippen LogP contribution in [0.1, 0.15) is 48.9 Å². The quantitative estimate of drug-likeness (QED) is 0.365. The number of nitrogens with zero attached hydrogens (tertiary/aromatic N) is 1. The van der Waals surface area contributed by atoms with Gasteiger partial charge < -0.3 is 15.0 Å². The van der Waals surface area contributed by atoms with E-state index in [1.807, 2.05) is 49.5 Å². The molecule has 1 amide bonds. The Bertz CT molecular complexity index is 1320. The molecular formula is C29H31N3O2. The summed E-state index contributed by atoms with van der Waals surface area (Å²) in [4.78, 5) is 21.3. The van der Waals surface area contributed by atoms with Gasteiger partial charge in [0, 0.05) is 22.8 Å². The normalized spacial score (nSPS) is 15.2. The molecule has 1 aliphatic rings. The fraction of sp³-hybridized carbons (Fsp3) is 0.310. The molecule has 0 aliphatic heterocycles. The van der Waals surface area contributed by atoms with Gasteiger partial charge in [0.1, 0.15) is 5.75 Å². The van der Waals surface area contributed by atoms with Crippen LogP contribution < -0.4 is 10.1 Å². The number of aromatic amines is 1. The lowest BCUT2D eigenvalue weighted by Gasteiger charge is -2.37. The molecule has 1 saturated carbocycles. The molecule has 0 unspecified atom stereocenters. The lowest BCUT2D eigenvalue weighted by molar-refractivity contribution is -0.125. The summed E-state index contributed by atoms with van der Waals surface area (Å²) in [5.41, 5.74) is 5.93. The first kappa shape index (κ1) is 22.2. The molecule has 1 fully saturated rings. The molecule has 0 atom stereocenters. The van der Waals surface area contributed by atoms with Crippen molar-refractivity contribution in [2.45, 2.75) is 51.5 Å². The minimum Gasteiger partial charge on any atom is -0.484 e. The highest BCUT2D eigenvalue weighted by Gasteiger charge is 2.37. The van der Waals surface area contributed by atoms with E-state index in [2.05, 4.69) is 41.5 Å². The van der Waals surface area contributed by atoms with E-state index < -0.39 is 5.54 Å².